The molecule has 0 aromatic heterocycles. The van der Waals surface area contributed by atoms with Crippen molar-refractivity contribution in [2.24, 2.45) is 23.7 Å². The van der Waals surface area contributed by atoms with Gasteiger partial charge in [0.05, 0.1) is 0 Å². The van der Waals surface area contributed by atoms with Crippen LogP contribution in [0.15, 0.2) is 30.3 Å². The molecule has 10 nitrogen and oxygen atoms in total. The molecule has 1 aromatic carbocycles. The van der Waals surface area contributed by atoms with E-state index in [2.05, 4.69) is 21.3 Å². The van der Waals surface area contributed by atoms with E-state index in [0.717, 1.165) is 5.56 Å². The largest absolute Gasteiger partial charge is 0.343 e. The maximum absolute atomic E-state index is 13.9. The highest BCUT2D eigenvalue weighted by molar-refractivity contribution is 5.98. The Kier molecular flexibility index (Phi) is 13.7. The fraction of sp³-hybridized carbons (Fsp3) is 0.667. The zero-order valence-electron chi connectivity index (χ0n) is 27.4. The summed E-state index contributed by atoms with van der Waals surface area (Å²) in [4.78, 5) is 70.2. The van der Waals surface area contributed by atoms with Gasteiger partial charge in [-0.25, -0.2) is 0 Å². The van der Waals surface area contributed by atoms with E-state index < -0.39 is 59.7 Å². The Bertz CT molecular complexity index is 1100. The molecular weight excluding hydrogens is 546 g/mol. The van der Waals surface area contributed by atoms with Crippen molar-refractivity contribution >= 4 is 29.5 Å². The number of nitrogens with zero attached hydrogens (tertiary/aromatic N) is 1. The maximum Gasteiger partial charge on any atom is 0.245 e. The minimum Gasteiger partial charge on any atom is -0.343 e. The van der Waals surface area contributed by atoms with Crippen LogP contribution < -0.4 is 21.3 Å². The third-order valence-electron chi connectivity index (χ3n) is 7.64. The number of hydrogen-bond donors (Lipinski definition) is 4. The molecule has 0 radical (unpaired) electrons. The van der Waals surface area contributed by atoms with Crippen LogP contribution >= 0.6 is 0 Å². The molecule has 2 rings (SSSR count). The van der Waals surface area contributed by atoms with Crippen LogP contribution in [0.1, 0.15) is 80.2 Å². The van der Waals surface area contributed by atoms with Crippen LogP contribution in [-0.2, 0) is 30.4 Å². The first kappa shape index (κ1) is 35.8. The first-order valence-corrected chi connectivity index (χ1v) is 15.6. The second-order valence-corrected chi connectivity index (χ2v) is 13.5. The highest BCUT2D eigenvalue weighted by Gasteiger charge is 2.38. The molecule has 240 valence electrons. The fourth-order valence-corrected chi connectivity index (χ4v) is 5.31. The summed E-state index contributed by atoms with van der Waals surface area (Å²) in [5.41, 5.74) is 0.835. The molecule has 0 unspecified atom stereocenters. The summed E-state index contributed by atoms with van der Waals surface area (Å²) in [7, 11) is 1.56. The number of hydrogen-bond acceptors (Lipinski definition) is 5. The fourth-order valence-electron chi connectivity index (χ4n) is 5.31. The van der Waals surface area contributed by atoms with Gasteiger partial charge in [0.25, 0.3) is 0 Å². The van der Waals surface area contributed by atoms with Crippen LogP contribution in [0.4, 0.5) is 0 Å². The summed E-state index contributed by atoms with van der Waals surface area (Å²) in [6.07, 6.45) is 1.25. The number of amides is 5. The Morgan fingerprint density at radius 1 is 0.605 bits per heavy atom. The molecule has 1 saturated heterocycles. The molecule has 4 N–H and O–H groups in total. The lowest BCUT2D eigenvalue weighted by atomic mass is 9.97. The molecule has 1 aliphatic rings. The first-order chi connectivity index (χ1) is 20.1. The van der Waals surface area contributed by atoms with E-state index in [1.165, 1.54) is 4.90 Å². The number of rotatable bonds is 9. The average Bonchev–Trinajstić information content (AvgIpc) is 2.91. The van der Waals surface area contributed by atoms with Gasteiger partial charge in [0.15, 0.2) is 0 Å². The van der Waals surface area contributed by atoms with Crippen molar-refractivity contribution in [3.05, 3.63) is 35.9 Å². The van der Waals surface area contributed by atoms with Gasteiger partial charge in [0.2, 0.25) is 29.5 Å². The summed E-state index contributed by atoms with van der Waals surface area (Å²) in [5, 5.41) is 11.5. The Labute approximate surface area is 257 Å². The zero-order valence-corrected chi connectivity index (χ0v) is 27.4. The number of nitrogens with one attached hydrogen (secondary N) is 4. The van der Waals surface area contributed by atoms with Crippen LogP contribution in [-0.4, -0.2) is 71.7 Å². The Balaban J connectivity index is 2.65. The normalized spacial score (nSPS) is 24.9. The quantitative estimate of drug-likeness (QED) is 0.346. The van der Waals surface area contributed by atoms with Crippen LogP contribution in [0.25, 0.3) is 0 Å². The molecule has 0 saturated carbocycles. The lowest BCUT2D eigenvalue weighted by molar-refractivity contribution is -0.144. The molecule has 0 bridgehead atoms. The van der Waals surface area contributed by atoms with Crippen LogP contribution in [0.5, 0.6) is 0 Å². The van der Waals surface area contributed by atoms with Gasteiger partial charge in [-0.3, -0.25) is 24.0 Å². The number of carbonyl (C=O) groups is 5. The molecular formula is C33H53N5O5. The van der Waals surface area contributed by atoms with Crippen molar-refractivity contribution in [3.8, 4) is 0 Å². The van der Waals surface area contributed by atoms with Gasteiger partial charge < -0.3 is 26.2 Å². The van der Waals surface area contributed by atoms with Crippen LogP contribution in [0.3, 0.4) is 0 Å². The van der Waals surface area contributed by atoms with Crippen molar-refractivity contribution in [1.29, 1.82) is 0 Å². The van der Waals surface area contributed by atoms with E-state index in [0.29, 0.717) is 19.3 Å². The first-order valence-electron chi connectivity index (χ1n) is 15.6. The third-order valence-corrected chi connectivity index (χ3v) is 7.64. The molecule has 0 aliphatic carbocycles. The standard InChI is InChI=1S/C33H53N5O5/c1-19(2)15-24-29(39)35-25(16-20(3)4)31(41)37-28(22(7)8)33(43)38(9)27(17-21(5)6)32(42)36-26(30(40)34-24)18-23-13-11-10-12-14-23/h10-14,19-22,24-28H,15-18H2,1-9H3,(H,34,40)(H,35,39)(H,36,42)(H,37,41)/t24-,25-,26-,27+,28+/m0/s1. The Morgan fingerprint density at radius 3 is 1.51 bits per heavy atom. The molecule has 0 spiro atoms. The molecule has 1 fully saturated rings. The van der Waals surface area contributed by atoms with Gasteiger partial charge in [0, 0.05) is 13.5 Å². The summed E-state index contributed by atoms with van der Waals surface area (Å²) in [6, 6.07) is 4.71. The Morgan fingerprint density at radius 2 is 1.05 bits per heavy atom. The smallest absolute Gasteiger partial charge is 0.245 e. The molecule has 5 atom stereocenters. The predicted molar refractivity (Wildman–Crippen MR) is 168 cm³/mol. The molecule has 1 aliphatic heterocycles. The molecule has 5 amide bonds. The summed E-state index contributed by atoms with van der Waals surface area (Å²) in [5.74, 6) is -2.42. The molecule has 43 heavy (non-hydrogen) atoms. The van der Waals surface area contributed by atoms with E-state index in [4.69, 9.17) is 0 Å². The monoisotopic (exact) mass is 599 g/mol. The SMILES string of the molecule is CC(C)C[C@@H]1NC(=O)[C@H](Cc2ccccc2)NC(=O)[C@@H](CC(C)C)N(C)C(=O)[C@@H](C(C)C)NC(=O)[C@H](CC(C)C)NC1=O. The van der Waals surface area contributed by atoms with Crippen molar-refractivity contribution in [2.75, 3.05) is 7.05 Å². The average molecular weight is 600 g/mol. The summed E-state index contributed by atoms with van der Waals surface area (Å²) in [6.45, 7) is 15.4. The van der Waals surface area contributed by atoms with Gasteiger partial charge >= 0.3 is 0 Å². The van der Waals surface area contributed by atoms with E-state index in [1.54, 1.807) is 7.05 Å². The predicted octanol–water partition coefficient (Wildman–Crippen LogP) is 2.80. The van der Waals surface area contributed by atoms with E-state index >= 15 is 0 Å². The van der Waals surface area contributed by atoms with Crippen LogP contribution in [0, 0.1) is 23.7 Å². The topological polar surface area (TPSA) is 137 Å². The Hall–Kier alpha value is -3.43. The van der Waals surface area contributed by atoms with Gasteiger partial charge in [0.1, 0.15) is 30.2 Å². The van der Waals surface area contributed by atoms with Crippen molar-refractivity contribution in [1.82, 2.24) is 26.2 Å². The third kappa shape index (κ3) is 11.0. The summed E-state index contributed by atoms with van der Waals surface area (Å²) >= 11 is 0. The molecule has 1 aromatic rings. The van der Waals surface area contributed by atoms with Gasteiger partial charge in [-0.1, -0.05) is 85.7 Å². The van der Waals surface area contributed by atoms with Crippen molar-refractivity contribution in [2.45, 2.75) is 111 Å². The maximum atomic E-state index is 13.9. The van der Waals surface area contributed by atoms with E-state index in [-0.39, 0.29) is 30.1 Å². The minimum atomic E-state index is -0.993. The van der Waals surface area contributed by atoms with E-state index in [9.17, 15) is 24.0 Å². The highest BCUT2D eigenvalue weighted by Crippen LogP contribution is 2.17. The lowest BCUT2D eigenvalue weighted by Gasteiger charge is -2.34. The number of likely N-dealkylation sites (N-methyl/N-ethyl adjacent to an activating group) is 1. The van der Waals surface area contributed by atoms with Gasteiger partial charge in [-0.2, -0.15) is 0 Å². The second-order valence-electron chi connectivity index (χ2n) is 13.5. The van der Waals surface area contributed by atoms with Gasteiger partial charge in [-0.15, -0.1) is 0 Å². The lowest BCUT2D eigenvalue weighted by Crippen LogP contribution is -2.59. The van der Waals surface area contributed by atoms with Crippen molar-refractivity contribution < 1.29 is 24.0 Å². The number of benzene rings is 1. The summed E-state index contributed by atoms with van der Waals surface area (Å²) < 4.78 is 0. The van der Waals surface area contributed by atoms with Crippen molar-refractivity contribution in [3.63, 3.8) is 0 Å². The minimum absolute atomic E-state index is 0.0599. The number of carbonyl (C=O) groups excluding carboxylic acids is 5. The van der Waals surface area contributed by atoms with Gasteiger partial charge in [-0.05, 0) is 48.5 Å². The highest BCUT2D eigenvalue weighted by atomic mass is 16.2. The molecule has 10 heteroatoms. The second kappa shape index (κ2) is 16.4. The molecule has 1 heterocycles. The zero-order chi connectivity index (χ0) is 32.4. The van der Waals surface area contributed by atoms with E-state index in [1.807, 2.05) is 85.7 Å². The van der Waals surface area contributed by atoms with Crippen LogP contribution in [0.2, 0.25) is 0 Å².